The quantitative estimate of drug-likeness (QED) is 0.702. The number of rotatable bonds is 2. The van der Waals surface area contributed by atoms with E-state index in [4.69, 9.17) is 0 Å². The number of halogens is 2. The van der Waals surface area contributed by atoms with E-state index in [1.54, 1.807) is 13.0 Å². The van der Waals surface area contributed by atoms with E-state index in [1.807, 2.05) is 18.2 Å². The van der Waals surface area contributed by atoms with Crippen molar-refractivity contribution in [2.45, 2.75) is 6.92 Å². The van der Waals surface area contributed by atoms with Crippen LogP contribution in [-0.4, -0.2) is 10.8 Å². The first-order chi connectivity index (χ1) is 9.58. The summed E-state index contributed by atoms with van der Waals surface area (Å²) in [4.78, 5) is 15.6. The number of ketones is 1. The van der Waals surface area contributed by atoms with Crippen molar-refractivity contribution in [3.63, 3.8) is 0 Å². The zero-order valence-corrected chi connectivity index (χ0v) is 10.7. The van der Waals surface area contributed by atoms with Crippen LogP contribution < -0.4 is 0 Å². The third kappa shape index (κ3) is 1.90. The Kier molecular flexibility index (Phi) is 2.86. The highest BCUT2D eigenvalue weighted by molar-refractivity contribution is 6.17. The Morgan fingerprint density at radius 3 is 2.60 bits per heavy atom. The lowest BCUT2D eigenvalue weighted by molar-refractivity contribution is 0.103. The molecule has 0 aliphatic heterocycles. The van der Waals surface area contributed by atoms with E-state index in [1.165, 1.54) is 6.07 Å². The molecule has 20 heavy (non-hydrogen) atoms. The third-order valence-corrected chi connectivity index (χ3v) is 3.30. The molecular weight excluding hydrogens is 260 g/mol. The van der Waals surface area contributed by atoms with Gasteiger partial charge >= 0.3 is 0 Å². The van der Waals surface area contributed by atoms with Gasteiger partial charge in [0.1, 0.15) is 11.6 Å². The SMILES string of the molecule is Cc1[nH]c2ccccc2c1C(=O)c1ccc(F)cc1F. The minimum absolute atomic E-state index is 0.126. The van der Waals surface area contributed by atoms with Crippen molar-refractivity contribution in [2.75, 3.05) is 0 Å². The molecule has 3 rings (SSSR count). The Bertz CT molecular complexity index is 820. The van der Waals surface area contributed by atoms with Crippen molar-refractivity contribution in [3.8, 4) is 0 Å². The second kappa shape index (κ2) is 4.56. The van der Waals surface area contributed by atoms with E-state index in [2.05, 4.69) is 4.98 Å². The molecular formula is C16H11F2NO. The average molecular weight is 271 g/mol. The molecule has 100 valence electrons. The second-order valence-electron chi connectivity index (χ2n) is 4.62. The summed E-state index contributed by atoms with van der Waals surface area (Å²) < 4.78 is 26.7. The number of fused-ring (bicyclic) bond motifs is 1. The number of carbonyl (C=O) groups is 1. The van der Waals surface area contributed by atoms with E-state index in [0.717, 1.165) is 23.0 Å². The van der Waals surface area contributed by atoms with Crippen molar-refractivity contribution < 1.29 is 13.6 Å². The predicted octanol–water partition coefficient (Wildman–Crippen LogP) is 3.99. The Hall–Kier alpha value is -2.49. The molecule has 2 aromatic carbocycles. The largest absolute Gasteiger partial charge is 0.358 e. The Labute approximate surface area is 114 Å². The first kappa shape index (κ1) is 12.5. The molecule has 0 amide bonds. The molecule has 0 aliphatic rings. The minimum atomic E-state index is -0.848. The number of hydrogen-bond acceptors (Lipinski definition) is 1. The summed E-state index contributed by atoms with van der Waals surface area (Å²) in [6.07, 6.45) is 0. The molecule has 3 aromatic rings. The van der Waals surface area contributed by atoms with E-state index in [-0.39, 0.29) is 5.56 Å². The molecule has 4 heteroatoms. The number of H-pyrrole nitrogens is 1. The Morgan fingerprint density at radius 2 is 1.85 bits per heavy atom. The first-order valence-corrected chi connectivity index (χ1v) is 6.15. The zero-order valence-electron chi connectivity index (χ0n) is 10.7. The first-order valence-electron chi connectivity index (χ1n) is 6.15. The number of aromatic nitrogens is 1. The highest BCUT2D eigenvalue weighted by atomic mass is 19.1. The van der Waals surface area contributed by atoms with Gasteiger partial charge in [0.2, 0.25) is 0 Å². The lowest BCUT2D eigenvalue weighted by atomic mass is 10.00. The number of para-hydroxylation sites is 1. The molecule has 0 bridgehead atoms. The van der Waals surface area contributed by atoms with Gasteiger partial charge < -0.3 is 4.98 Å². The zero-order chi connectivity index (χ0) is 14.3. The lowest BCUT2D eigenvalue weighted by Crippen LogP contribution is -2.05. The molecule has 0 radical (unpaired) electrons. The van der Waals surface area contributed by atoms with Gasteiger partial charge in [-0.2, -0.15) is 0 Å². The van der Waals surface area contributed by atoms with Crippen LogP contribution in [0, 0.1) is 18.6 Å². The molecule has 0 saturated heterocycles. The van der Waals surface area contributed by atoms with Crippen LogP contribution in [0.3, 0.4) is 0 Å². The van der Waals surface area contributed by atoms with Crippen LogP contribution in [0.2, 0.25) is 0 Å². The molecule has 0 atom stereocenters. The summed E-state index contributed by atoms with van der Waals surface area (Å²) in [5.74, 6) is -1.99. The summed E-state index contributed by atoms with van der Waals surface area (Å²) >= 11 is 0. The molecule has 1 N–H and O–H groups in total. The van der Waals surface area contributed by atoms with Gasteiger partial charge in [-0.1, -0.05) is 18.2 Å². The maximum atomic E-state index is 13.8. The minimum Gasteiger partial charge on any atom is -0.358 e. The van der Waals surface area contributed by atoms with Gasteiger partial charge in [0.25, 0.3) is 0 Å². The standard InChI is InChI=1S/C16H11F2NO/c1-9-15(12-4-2-3-5-14(12)19-9)16(20)11-7-6-10(17)8-13(11)18/h2-8,19H,1H3. The Balaban J connectivity index is 2.20. The summed E-state index contributed by atoms with van der Waals surface area (Å²) in [7, 11) is 0. The van der Waals surface area contributed by atoms with Crippen LogP contribution in [0.4, 0.5) is 8.78 Å². The summed E-state index contributed by atoms with van der Waals surface area (Å²) in [5.41, 5.74) is 1.78. The van der Waals surface area contributed by atoms with Gasteiger partial charge in [-0.15, -0.1) is 0 Å². The number of benzene rings is 2. The fraction of sp³-hybridized carbons (Fsp3) is 0.0625. The molecule has 0 aliphatic carbocycles. The molecule has 0 saturated carbocycles. The summed E-state index contributed by atoms with van der Waals surface area (Å²) in [6, 6.07) is 10.3. The van der Waals surface area contributed by atoms with E-state index in [0.29, 0.717) is 11.3 Å². The van der Waals surface area contributed by atoms with Crippen molar-refractivity contribution in [3.05, 3.63) is 70.9 Å². The monoisotopic (exact) mass is 271 g/mol. The van der Waals surface area contributed by atoms with Gasteiger partial charge in [0, 0.05) is 22.7 Å². The number of carbonyl (C=O) groups excluding carboxylic acids is 1. The molecule has 1 aromatic heterocycles. The molecule has 1 heterocycles. The predicted molar refractivity (Wildman–Crippen MR) is 72.8 cm³/mol. The van der Waals surface area contributed by atoms with Gasteiger partial charge in [-0.3, -0.25) is 4.79 Å². The van der Waals surface area contributed by atoms with Crippen LogP contribution in [-0.2, 0) is 0 Å². The fourth-order valence-electron chi connectivity index (χ4n) is 2.38. The fourth-order valence-corrected chi connectivity index (χ4v) is 2.38. The van der Waals surface area contributed by atoms with Crippen LogP contribution in [0.25, 0.3) is 10.9 Å². The maximum Gasteiger partial charge on any atom is 0.198 e. The topological polar surface area (TPSA) is 32.9 Å². The maximum absolute atomic E-state index is 13.8. The smallest absolute Gasteiger partial charge is 0.198 e. The highest BCUT2D eigenvalue weighted by Gasteiger charge is 2.20. The summed E-state index contributed by atoms with van der Waals surface area (Å²) in [5, 5.41) is 0.735. The van der Waals surface area contributed by atoms with Gasteiger partial charge in [0.05, 0.1) is 11.1 Å². The van der Waals surface area contributed by atoms with Crippen LogP contribution in [0.15, 0.2) is 42.5 Å². The second-order valence-corrected chi connectivity index (χ2v) is 4.62. The van der Waals surface area contributed by atoms with Gasteiger partial charge in [-0.25, -0.2) is 8.78 Å². The molecule has 0 spiro atoms. The van der Waals surface area contributed by atoms with E-state index in [9.17, 15) is 13.6 Å². The third-order valence-electron chi connectivity index (χ3n) is 3.30. The average Bonchev–Trinajstić information content (AvgIpc) is 2.73. The summed E-state index contributed by atoms with van der Waals surface area (Å²) in [6.45, 7) is 1.76. The normalized spacial score (nSPS) is 10.9. The van der Waals surface area contributed by atoms with Crippen molar-refractivity contribution >= 4 is 16.7 Å². The van der Waals surface area contributed by atoms with Gasteiger partial charge in [-0.05, 0) is 25.1 Å². The highest BCUT2D eigenvalue weighted by Crippen LogP contribution is 2.25. The van der Waals surface area contributed by atoms with Gasteiger partial charge in [0.15, 0.2) is 5.78 Å². The number of hydrogen-bond donors (Lipinski definition) is 1. The van der Waals surface area contributed by atoms with Crippen molar-refractivity contribution in [1.82, 2.24) is 4.98 Å². The number of nitrogens with one attached hydrogen (secondary N) is 1. The molecule has 2 nitrogen and oxygen atoms in total. The number of aryl methyl sites for hydroxylation is 1. The van der Waals surface area contributed by atoms with Crippen molar-refractivity contribution in [2.24, 2.45) is 0 Å². The van der Waals surface area contributed by atoms with Crippen LogP contribution >= 0.6 is 0 Å². The van der Waals surface area contributed by atoms with Crippen molar-refractivity contribution in [1.29, 1.82) is 0 Å². The lowest BCUT2D eigenvalue weighted by Gasteiger charge is -2.03. The Morgan fingerprint density at radius 1 is 1.10 bits per heavy atom. The van der Waals surface area contributed by atoms with Crippen LogP contribution in [0.5, 0.6) is 0 Å². The molecule has 0 unspecified atom stereocenters. The van der Waals surface area contributed by atoms with E-state index < -0.39 is 17.4 Å². The van der Waals surface area contributed by atoms with Crippen LogP contribution in [0.1, 0.15) is 21.6 Å². The molecule has 0 fully saturated rings. The number of aromatic amines is 1. The van der Waals surface area contributed by atoms with E-state index >= 15 is 0 Å².